The van der Waals surface area contributed by atoms with Crippen molar-refractivity contribution >= 4 is 37.3 Å². The summed E-state index contributed by atoms with van der Waals surface area (Å²) in [5, 5.41) is 2.62. The van der Waals surface area contributed by atoms with E-state index in [2.05, 4.69) is 5.32 Å². The van der Waals surface area contributed by atoms with Crippen LogP contribution in [0.3, 0.4) is 0 Å². The van der Waals surface area contributed by atoms with Gasteiger partial charge in [0.2, 0.25) is 26.0 Å². The summed E-state index contributed by atoms with van der Waals surface area (Å²) in [6, 6.07) is 19.6. The van der Waals surface area contributed by atoms with Crippen molar-refractivity contribution in [2.75, 3.05) is 42.6 Å². The first-order valence-electron chi connectivity index (χ1n) is 12.4. The summed E-state index contributed by atoms with van der Waals surface area (Å²) in [5.41, 5.74) is 0.287. The molecule has 39 heavy (non-hydrogen) atoms. The number of methoxy groups -OCH3 is 1. The molecule has 1 aliphatic heterocycles. The van der Waals surface area contributed by atoms with E-state index >= 15 is 0 Å². The number of amides is 1. The molecule has 1 N–H and O–H groups in total. The van der Waals surface area contributed by atoms with E-state index in [4.69, 9.17) is 9.47 Å². The molecule has 0 radical (unpaired) electrons. The maximum atomic E-state index is 13.2. The van der Waals surface area contributed by atoms with E-state index in [0.717, 1.165) is 29.8 Å². The molecule has 0 aromatic heterocycles. The van der Waals surface area contributed by atoms with E-state index < -0.39 is 32.5 Å². The van der Waals surface area contributed by atoms with Gasteiger partial charge in [-0.25, -0.2) is 16.8 Å². The molecular formula is C27H31N3O7S2. The van der Waals surface area contributed by atoms with E-state index in [1.807, 2.05) is 6.07 Å². The first-order valence-corrected chi connectivity index (χ1v) is 15.7. The van der Waals surface area contributed by atoms with E-state index in [0.29, 0.717) is 18.8 Å². The molecule has 0 spiro atoms. The first kappa shape index (κ1) is 28.4. The largest absolute Gasteiger partial charge is 0.495 e. The van der Waals surface area contributed by atoms with E-state index in [1.54, 1.807) is 48.5 Å². The fourth-order valence-electron chi connectivity index (χ4n) is 4.27. The van der Waals surface area contributed by atoms with Crippen molar-refractivity contribution in [1.82, 2.24) is 4.31 Å². The summed E-state index contributed by atoms with van der Waals surface area (Å²) >= 11 is 0. The van der Waals surface area contributed by atoms with Gasteiger partial charge in [0, 0.05) is 13.1 Å². The van der Waals surface area contributed by atoms with Crippen LogP contribution in [0.1, 0.15) is 19.3 Å². The topological polar surface area (TPSA) is 122 Å². The average molecular weight is 574 g/mol. The van der Waals surface area contributed by atoms with Gasteiger partial charge in [-0.05, 0) is 55.3 Å². The molecule has 4 rings (SSSR count). The molecule has 12 heteroatoms. The molecule has 3 aromatic rings. The van der Waals surface area contributed by atoms with Gasteiger partial charge in [0.15, 0.2) is 5.75 Å². The Bertz CT molecular complexity index is 1520. The minimum Gasteiger partial charge on any atom is -0.495 e. The first-order chi connectivity index (χ1) is 18.6. The van der Waals surface area contributed by atoms with Gasteiger partial charge in [-0.3, -0.25) is 9.10 Å². The van der Waals surface area contributed by atoms with E-state index in [9.17, 15) is 21.6 Å². The Labute approximate surface area is 229 Å². The number of benzene rings is 3. The zero-order valence-corrected chi connectivity index (χ0v) is 23.4. The Hall–Kier alpha value is -3.61. The van der Waals surface area contributed by atoms with Crippen LogP contribution in [0.4, 0.5) is 11.4 Å². The summed E-state index contributed by atoms with van der Waals surface area (Å²) in [5.74, 6) is 0.286. The molecule has 1 aliphatic rings. The van der Waals surface area contributed by atoms with Crippen molar-refractivity contribution in [1.29, 1.82) is 0 Å². The van der Waals surface area contributed by atoms with E-state index in [1.165, 1.54) is 29.6 Å². The van der Waals surface area contributed by atoms with Crippen molar-refractivity contribution in [3.8, 4) is 17.2 Å². The molecule has 1 saturated heterocycles. The number of piperidine rings is 1. The molecule has 0 unspecified atom stereocenters. The number of para-hydroxylation sites is 3. The van der Waals surface area contributed by atoms with Gasteiger partial charge in [-0.15, -0.1) is 0 Å². The van der Waals surface area contributed by atoms with Crippen molar-refractivity contribution in [3.05, 3.63) is 72.8 Å². The zero-order valence-electron chi connectivity index (χ0n) is 21.7. The molecule has 1 amide bonds. The number of hydrogen-bond donors (Lipinski definition) is 1. The van der Waals surface area contributed by atoms with Crippen LogP contribution in [0.15, 0.2) is 77.7 Å². The molecule has 1 heterocycles. The van der Waals surface area contributed by atoms with Crippen LogP contribution in [0, 0.1) is 0 Å². The minimum absolute atomic E-state index is 0.0158. The molecular weight excluding hydrogens is 542 g/mol. The van der Waals surface area contributed by atoms with Gasteiger partial charge in [-0.1, -0.05) is 36.8 Å². The van der Waals surface area contributed by atoms with Crippen LogP contribution in [0.25, 0.3) is 0 Å². The molecule has 0 aliphatic carbocycles. The summed E-state index contributed by atoms with van der Waals surface area (Å²) < 4.78 is 65.5. The Kier molecular flexibility index (Phi) is 8.78. The van der Waals surface area contributed by atoms with Gasteiger partial charge in [0.25, 0.3) is 0 Å². The van der Waals surface area contributed by atoms with Crippen LogP contribution in [0.2, 0.25) is 0 Å². The van der Waals surface area contributed by atoms with Gasteiger partial charge in [0.05, 0.1) is 29.6 Å². The number of ether oxygens (including phenoxy) is 2. The van der Waals surface area contributed by atoms with E-state index in [-0.39, 0.29) is 27.8 Å². The lowest BCUT2D eigenvalue weighted by atomic mass is 10.2. The number of hydrogen-bond acceptors (Lipinski definition) is 7. The molecule has 208 valence electrons. The third-order valence-electron chi connectivity index (χ3n) is 6.19. The second kappa shape index (κ2) is 12.1. The maximum absolute atomic E-state index is 13.2. The smallest absolute Gasteiger partial charge is 0.245 e. The normalized spacial score (nSPS) is 14.4. The molecule has 1 fully saturated rings. The van der Waals surface area contributed by atoms with Gasteiger partial charge >= 0.3 is 0 Å². The lowest BCUT2D eigenvalue weighted by molar-refractivity contribution is -0.114. The number of nitrogens with zero attached hydrogens (tertiary/aromatic N) is 2. The minimum atomic E-state index is -3.92. The third kappa shape index (κ3) is 6.88. The summed E-state index contributed by atoms with van der Waals surface area (Å²) in [4.78, 5) is 13.2. The predicted molar refractivity (Wildman–Crippen MR) is 149 cm³/mol. The Morgan fingerprint density at radius 3 is 2.23 bits per heavy atom. The van der Waals surface area contributed by atoms with Gasteiger partial charge < -0.3 is 14.8 Å². The molecule has 0 saturated carbocycles. The van der Waals surface area contributed by atoms with Crippen LogP contribution >= 0.6 is 0 Å². The second-order valence-electron chi connectivity index (χ2n) is 9.03. The number of anilines is 2. The lowest BCUT2D eigenvalue weighted by Crippen LogP contribution is -2.38. The highest BCUT2D eigenvalue weighted by molar-refractivity contribution is 7.92. The van der Waals surface area contributed by atoms with Crippen LogP contribution in [-0.4, -0.2) is 60.0 Å². The third-order valence-corrected chi connectivity index (χ3v) is 9.21. The summed E-state index contributed by atoms with van der Waals surface area (Å²) in [7, 11) is -6.30. The fraction of sp³-hybridized carbons (Fsp3) is 0.296. The molecule has 0 bridgehead atoms. The van der Waals surface area contributed by atoms with Crippen molar-refractivity contribution < 1.29 is 31.1 Å². The molecule has 10 nitrogen and oxygen atoms in total. The van der Waals surface area contributed by atoms with Crippen LogP contribution in [-0.2, 0) is 24.8 Å². The predicted octanol–water partition coefficient (Wildman–Crippen LogP) is 4.07. The van der Waals surface area contributed by atoms with Crippen LogP contribution < -0.4 is 19.1 Å². The zero-order chi connectivity index (χ0) is 28.0. The average Bonchev–Trinajstić information content (AvgIpc) is 2.92. The van der Waals surface area contributed by atoms with Gasteiger partial charge in [0.1, 0.15) is 18.0 Å². The Morgan fingerprint density at radius 1 is 0.897 bits per heavy atom. The highest BCUT2D eigenvalue weighted by Gasteiger charge is 2.28. The number of rotatable bonds is 10. The monoisotopic (exact) mass is 573 g/mol. The van der Waals surface area contributed by atoms with Crippen molar-refractivity contribution in [3.63, 3.8) is 0 Å². The Balaban J connectivity index is 1.60. The highest BCUT2D eigenvalue weighted by atomic mass is 32.2. The van der Waals surface area contributed by atoms with Crippen LogP contribution in [0.5, 0.6) is 17.2 Å². The second-order valence-corrected chi connectivity index (χ2v) is 12.9. The van der Waals surface area contributed by atoms with Crippen molar-refractivity contribution in [2.24, 2.45) is 0 Å². The summed E-state index contributed by atoms with van der Waals surface area (Å²) in [6.45, 7) is 0.286. The standard InChI is InChI=1S/C27H31N3O7S2/c1-36-25-16-15-22(39(34,35)29-17-9-4-10-18-29)19-23(25)28-27(31)20-30(38(2,32)33)24-13-7-8-14-26(24)37-21-11-5-3-6-12-21/h3,5-8,11-16,19H,4,9-10,17-18,20H2,1-2H3,(H,28,31). The Morgan fingerprint density at radius 2 is 1.56 bits per heavy atom. The highest BCUT2D eigenvalue weighted by Crippen LogP contribution is 2.34. The number of carbonyl (C=O) groups excluding carboxylic acids is 1. The number of nitrogens with one attached hydrogen (secondary N) is 1. The summed E-state index contributed by atoms with van der Waals surface area (Å²) in [6.07, 6.45) is 3.55. The number of sulfonamides is 2. The fourth-order valence-corrected chi connectivity index (χ4v) is 6.67. The maximum Gasteiger partial charge on any atom is 0.245 e. The SMILES string of the molecule is COc1ccc(S(=O)(=O)N2CCCCC2)cc1NC(=O)CN(c1ccccc1Oc1ccccc1)S(C)(=O)=O. The number of carbonyl (C=O) groups is 1. The quantitative estimate of drug-likeness (QED) is 0.388. The molecule has 3 aromatic carbocycles. The lowest BCUT2D eigenvalue weighted by Gasteiger charge is -2.26. The van der Waals surface area contributed by atoms with Gasteiger partial charge in [-0.2, -0.15) is 4.31 Å². The van der Waals surface area contributed by atoms with Crippen molar-refractivity contribution in [2.45, 2.75) is 24.2 Å². The molecule has 0 atom stereocenters.